The Morgan fingerprint density at radius 3 is 2.53 bits per heavy atom. The SMILES string of the molecule is CC1CN(C(C)c2cc(S(N)(=O)=O)nn2C)C1. The Bertz CT molecular complexity index is 516. The zero-order valence-corrected chi connectivity index (χ0v) is 11.1. The molecule has 0 radical (unpaired) electrons. The molecule has 6 nitrogen and oxygen atoms in total. The summed E-state index contributed by atoms with van der Waals surface area (Å²) < 4.78 is 24.0. The summed E-state index contributed by atoms with van der Waals surface area (Å²) >= 11 is 0. The van der Waals surface area contributed by atoms with Crippen molar-refractivity contribution in [3.63, 3.8) is 0 Å². The number of nitrogens with zero attached hydrogens (tertiary/aromatic N) is 3. The second kappa shape index (κ2) is 4.08. The minimum Gasteiger partial charge on any atom is -0.294 e. The van der Waals surface area contributed by atoms with Crippen molar-refractivity contribution < 1.29 is 8.42 Å². The lowest BCUT2D eigenvalue weighted by atomic mass is 9.99. The van der Waals surface area contributed by atoms with Crippen molar-refractivity contribution in [1.29, 1.82) is 0 Å². The van der Waals surface area contributed by atoms with E-state index >= 15 is 0 Å². The molecule has 0 spiro atoms. The highest BCUT2D eigenvalue weighted by Crippen LogP contribution is 2.28. The number of primary sulfonamides is 1. The molecule has 1 fully saturated rings. The van der Waals surface area contributed by atoms with Crippen LogP contribution in [0.5, 0.6) is 0 Å². The number of aryl methyl sites for hydroxylation is 1. The lowest BCUT2D eigenvalue weighted by Crippen LogP contribution is -2.46. The zero-order chi connectivity index (χ0) is 12.8. The molecule has 96 valence electrons. The highest BCUT2D eigenvalue weighted by atomic mass is 32.2. The van der Waals surface area contributed by atoms with Gasteiger partial charge in [-0.05, 0) is 12.8 Å². The first-order valence-corrected chi connectivity index (χ1v) is 7.14. The summed E-state index contributed by atoms with van der Waals surface area (Å²) in [6, 6.07) is 1.72. The molecule has 1 aliphatic rings. The van der Waals surface area contributed by atoms with Crippen LogP contribution >= 0.6 is 0 Å². The van der Waals surface area contributed by atoms with E-state index in [0.717, 1.165) is 18.8 Å². The van der Waals surface area contributed by atoms with Crippen LogP contribution in [0.1, 0.15) is 25.6 Å². The molecule has 2 rings (SSSR count). The molecule has 0 bridgehead atoms. The number of nitrogens with two attached hydrogens (primary N) is 1. The Hall–Kier alpha value is -0.920. The van der Waals surface area contributed by atoms with Gasteiger partial charge in [0.25, 0.3) is 10.0 Å². The molecule has 0 aromatic carbocycles. The minimum absolute atomic E-state index is 0.0598. The van der Waals surface area contributed by atoms with Gasteiger partial charge in [0.05, 0.1) is 5.69 Å². The number of hydrogen-bond donors (Lipinski definition) is 1. The fourth-order valence-corrected chi connectivity index (χ4v) is 2.76. The van der Waals surface area contributed by atoms with E-state index in [9.17, 15) is 8.42 Å². The van der Waals surface area contributed by atoms with Gasteiger partial charge < -0.3 is 0 Å². The molecule has 1 unspecified atom stereocenters. The van der Waals surface area contributed by atoms with Crippen LogP contribution in [0.2, 0.25) is 0 Å². The fourth-order valence-electron chi connectivity index (χ4n) is 2.23. The Morgan fingerprint density at radius 2 is 2.12 bits per heavy atom. The highest BCUT2D eigenvalue weighted by Gasteiger charge is 2.30. The second-order valence-corrected chi connectivity index (χ2v) is 6.32. The normalized spacial score (nSPS) is 20.2. The Kier molecular flexibility index (Phi) is 3.01. The van der Waals surface area contributed by atoms with Gasteiger partial charge in [0.2, 0.25) is 0 Å². The number of likely N-dealkylation sites (tertiary alicyclic amines) is 1. The van der Waals surface area contributed by atoms with E-state index in [1.54, 1.807) is 17.8 Å². The molecule has 1 atom stereocenters. The molecule has 0 saturated carbocycles. The van der Waals surface area contributed by atoms with Gasteiger partial charge in [-0.3, -0.25) is 9.58 Å². The van der Waals surface area contributed by atoms with E-state index in [2.05, 4.69) is 23.8 Å². The topological polar surface area (TPSA) is 81.2 Å². The third-order valence-electron chi connectivity index (χ3n) is 3.25. The molecule has 1 aromatic heterocycles. The quantitative estimate of drug-likeness (QED) is 0.832. The summed E-state index contributed by atoms with van der Waals surface area (Å²) in [5.41, 5.74) is 0.876. The molecule has 1 aliphatic heterocycles. The van der Waals surface area contributed by atoms with E-state index in [0.29, 0.717) is 5.92 Å². The van der Waals surface area contributed by atoms with Crippen LogP contribution in [0.4, 0.5) is 0 Å². The Labute approximate surface area is 101 Å². The molecule has 0 amide bonds. The standard InChI is InChI=1S/C10H18N4O2S/c1-7-5-14(6-7)8(2)9-4-10(12-13(9)3)17(11,15)16/h4,7-8H,5-6H2,1-3H3,(H2,11,15,16). The monoisotopic (exact) mass is 258 g/mol. The van der Waals surface area contributed by atoms with Crippen LogP contribution in [0.25, 0.3) is 0 Å². The molecular weight excluding hydrogens is 240 g/mol. The lowest BCUT2D eigenvalue weighted by Gasteiger charge is -2.41. The first-order chi connectivity index (χ1) is 7.79. The van der Waals surface area contributed by atoms with Crippen LogP contribution in [0.3, 0.4) is 0 Å². The van der Waals surface area contributed by atoms with Crippen molar-refractivity contribution in [3.05, 3.63) is 11.8 Å². The predicted octanol–water partition coefficient (Wildman–Crippen LogP) is 0.0802. The number of sulfonamides is 1. The van der Waals surface area contributed by atoms with Crippen molar-refractivity contribution in [1.82, 2.24) is 14.7 Å². The Balaban J connectivity index is 2.24. The molecule has 1 saturated heterocycles. The smallest absolute Gasteiger partial charge is 0.257 e. The van der Waals surface area contributed by atoms with Crippen LogP contribution in [0.15, 0.2) is 11.1 Å². The minimum atomic E-state index is -3.71. The maximum Gasteiger partial charge on any atom is 0.257 e. The fraction of sp³-hybridized carbons (Fsp3) is 0.700. The number of aromatic nitrogens is 2. The lowest BCUT2D eigenvalue weighted by molar-refractivity contribution is 0.0666. The van der Waals surface area contributed by atoms with Crippen LogP contribution in [-0.4, -0.2) is 36.2 Å². The maximum absolute atomic E-state index is 11.2. The van der Waals surface area contributed by atoms with Gasteiger partial charge in [-0.15, -0.1) is 0 Å². The molecule has 17 heavy (non-hydrogen) atoms. The zero-order valence-electron chi connectivity index (χ0n) is 10.3. The van der Waals surface area contributed by atoms with E-state index < -0.39 is 10.0 Å². The van der Waals surface area contributed by atoms with Crippen molar-refractivity contribution >= 4 is 10.0 Å². The van der Waals surface area contributed by atoms with Crippen LogP contribution < -0.4 is 5.14 Å². The van der Waals surface area contributed by atoms with Crippen molar-refractivity contribution in [3.8, 4) is 0 Å². The third-order valence-corrected chi connectivity index (χ3v) is 4.04. The highest BCUT2D eigenvalue weighted by molar-refractivity contribution is 7.89. The first-order valence-electron chi connectivity index (χ1n) is 5.60. The van der Waals surface area contributed by atoms with Gasteiger partial charge in [-0.25, -0.2) is 13.6 Å². The molecule has 1 aromatic rings. The number of rotatable bonds is 3. The summed E-state index contributed by atoms with van der Waals surface area (Å²) in [4.78, 5) is 2.29. The van der Waals surface area contributed by atoms with Gasteiger partial charge in [-0.2, -0.15) is 5.10 Å². The van der Waals surface area contributed by atoms with Crippen LogP contribution in [-0.2, 0) is 17.1 Å². The average molecular weight is 258 g/mol. The number of hydrogen-bond acceptors (Lipinski definition) is 4. The predicted molar refractivity (Wildman–Crippen MR) is 63.7 cm³/mol. The molecular formula is C10H18N4O2S. The van der Waals surface area contributed by atoms with Crippen molar-refractivity contribution in [2.75, 3.05) is 13.1 Å². The van der Waals surface area contributed by atoms with Crippen LogP contribution in [0, 0.1) is 5.92 Å². The van der Waals surface area contributed by atoms with Gasteiger partial charge in [0.15, 0.2) is 5.03 Å². The molecule has 2 N–H and O–H groups in total. The van der Waals surface area contributed by atoms with E-state index in [-0.39, 0.29) is 11.1 Å². The van der Waals surface area contributed by atoms with Gasteiger partial charge in [0.1, 0.15) is 0 Å². The molecule has 7 heteroatoms. The summed E-state index contributed by atoms with van der Waals surface area (Å²) in [5.74, 6) is 0.711. The van der Waals surface area contributed by atoms with E-state index in [4.69, 9.17) is 5.14 Å². The van der Waals surface area contributed by atoms with Gasteiger partial charge in [-0.1, -0.05) is 6.92 Å². The Morgan fingerprint density at radius 1 is 1.53 bits per heavy atom. The second-order valence-electron chi connectivity index (χ2n) is 4.81. The summed E-state index contributed by atoms with van der Waals surface area (Å²) in [6.45, 7) is 6.33. The maximum atomic E-state index is 11.2. The third kappa shape index (κ3) is 2.36. The summed E-state index contributed by atoms with van der Waals surface area (Å²) in [6.07, 6.45) is 0. The van der Waals surface area contributed by atoms with Crippen molar-refractivity contribution in [2.24, 2.45) is 18.1 Å². The average Bonchev–Trinajstić information content (AvgIpc) is 2.54. The van der Waals surface area contributed by atoms with Crippen molar-refractivity contribution in [2.45, 2.75) is 24.9 Å². The van der Waals surface area contributed by atoms with Gasteiger partial charge >= 0.3 is 0 Å². The summed E-state index contributed by atoms with van der Waals surface area (Å²) in [7, 11) is -1.97. The largest absolute Gasteiger partial charge is 0.294 e. The summed E-state index contributed by atoms with van der Waals surface area (Å²) in [5, 5.41) is 8.95. The molecule has 2 heterocycles. The van der Waals surface area contributed by atoms with Gasteiger partial charge in [0, 0.05) is 32.2 Å². The molecule has 0 aliphatic carbocycles. The first kappa shape index (κ1) is 12.5. The van der Waals surface area contributed by atoms with E-state index in [1.165, 1.54) is 0 Å². The van der Waals surface area contributed by atoms with E-state index in [1.807, 2.05) is 0 Å².